The molecular weight excluding hydrogens is 363 g/mol. The molecular formula is C21H19FN2O2S. The first-order chi connectivity index (χ1) is 12.9. The van der Waals surface area contributed by atoms with Crippen LogP contribution >= 0.6 is 11.3 Å². The highest BCUT2D eigenvalue weighted by Crippen LogP contribution is 2.24. The first-order valence-corrected chi connectivity index (χ1v) is 9.26. The molecule has 3 aromatic rings. The molecule has 0 atom stereocenters. The van der Waals surface area contributed by atoms with Gasteiger partial charge in [0, 0.05) is 10.6 Å². The van der Waals surface area contributed by atoms with Crippen molar-refractivity contribution in [3.63, 3.8) is 0 Å². The number of anilines is 2. The van der Waals surface area contributed by atoms with Crippen molar-refractivity contribution in [3.05, 3.63) is 81.3 Å². The number of carbonyl (C=O) groups excluding carboxylic acids is 2. The van der Waals surface area contributed by atoms with E-state index < -0.39 is 5.82 Å². The van der Waals surface area contributed by atoms with E-state index in [-0.39, 0.29) is 23.9 Å². The van der Waals surface area contributed by atoms with Gasteiger partial charge < -0.3 is 10.6 Å². The number of halogens is 1. The summed E-state index contributed by atoms with van der Waals surface area (Å²) in [6.07, 6.45) is 0.143. The number of amides is 2. The van der Waals surface area contributed by atoms with Crippen molar-refractivity contribution < 1.29 is 14.0 Å². The Morgan fingerprint density at radius 1 is 1.00 bits per heavy atom. The summed E-state index contributed by atoms with van der Waals surface area (Å²) < 4.78 is 14.1. The summed E-state index contributed by atoms with van der Waals surface area (Å²) in [5.41, 5.74) is 2.34. The van der Waals surface area contributed by atoms with Crippen LogP contribution in [0.25, 0.3) is 0 Å². The zero-order valence-corrected chi connectivity index (χ0v) is 15.8. The SMILES string of the molecule is Cc1cc(C(=O)Nc2ccc(F)c(NC(=O)Cc3ccccc3)c2)sc1C. The van der Waals surface area contributed by atoms with Gasteiger partial charge in [-0.15, -0.1) is 11.3 Å². The van der Waals surface area contributed by atoms with Crippen molar-refractivity contribution in [2.24, 2.45) is 0 Å². The molecule has 3 rings (SSSR count). The molecule has 0 aliphatic heterocycles. The summed E-state index contributed by atoms with van der Waals surface area (Å²) in [5, 5.41) is 5.31. The second kappa shape index (κ2) is 8.14. The molecule has 6 heteroatoms. The van der Waals surface area contributed by atoms with Crippen molar-refractivity contribution in [1.29, 1.82) is 0 Å². The number of benzene rings is 2. The average Bonchev–Trinajstić information content (AvgIpc) is 2.98. The van der Waals surface area contributed by atoms with Gasteiger partial charge in [-0.25, -0.2) is 4.39 Å². The molecule has 138 valence electrons. The summed E-state index contributed by atoms with van der Waals surface area (Å²) in [5.74, 6) is -1.14. The van der Waals surface area contributed by atoms with E-state index in [9.17, 15) is 14.0 Å². The third kappa shape index (κ3) is 4.80. The lowest BCUT2D eigenvalue weighted by molar-refractivity contribution is -0.115. The van der Waals surface area contributed by atoms with Crippen LogP contribution in [0.4, 0.5) is 15.8 Å². The summed E-state index contributed by atoms with van der Waals surface area (Å²) in [4.78, 5) is 26.2. The smallest absolute Gasteiger partial charge is 0.265 e. The minimum absolute atomic E-state index is 0.0345. The highest BCUT2D eigenvalue weighted by atomic mass is 32.1. The molecule has 2 N–H and O–H groups in total. The van der Waals surface area contributed by atoms with Gasteiger partial charge in [-0.3, -0.25) is 9.59 Å². The molecule has 27 heavy (non-hydrogen) atoms. The molecule has 2 amide bonds. The van der Waals surface area contributed by atoms with Gasteiger partial charge >= 0.3 is 0 Å². The molecule has 1 heterocycles. The second-order valence-corrected chi connectivity index (χ2v) is 7.47. The van der Waals surface area contributed by atoms with E-state index in [0.717, 1.165) is 16.0 Å². The number of hydrogen-bond acceptors (Lipinski definition) is 3. The van der Waals surface area contributed by atoms with Gasteiger partial charge in [-0.05, 0) is 49.2 Å². The molecule has 0 fully saturated rings. The first kappa shape index (κ1) is 18.8. The maximum Gasteiger partial charge on any atom is 0.265 e. The van der Waals surface area contributed by atoms with Crippen molar-refractivity contribution in [2.75, 3.05) is 10.6 Å². The Balaban J connectivity index is 1.70. The predicted octanol–water partition coefficient (Wildman–Crippen LogP) is 4.94. The van der Waals surface area contributed by atoms with E-state index >= 15 is 0 Å². The van der Waals surface area contributed by atoms with Crippen LogP contribution in [0.2, 0.25) is 0 Å². The Morgan fingerprint density at radius 2 is 1.74 bits per heavy atom. The predicted molar refractivity (Wildman–Crippen MR) is 107 cm³/mol. The van der Waals surface area contributed by atoms with Crippen LogP contribution in [0.1, 0.15) is 25.7 Å². The highest BCUT2D eigenvalue weighted by Gasteiger charge is 2.13. The molecule has 1 aromatic heterocycles. The Bertz CT molecular complexity index is 964. The lowest BCUT2D eigenvalue weighted by Crippen LogP contribution is -2.16. The maximum absolute atomic E-state index is 14.1. The Morgan fingerprint density at radius 3 is 2.41 bits per heavy atom. The van der Waals surface area contributed by atoms with Gasteiger partial charge in [-0.1, -0.05) is 30.3 Å². The first-order valence-electron chi connectivity index (χ1n) is 8.44. The van der Waals surface area contributed by atoms with E-state index in [0.29, 0.717) is 10.6 Å². The molecule has 0 aliphatic carbocycles. The zero-order valence-electron chi connectivity index (χ0n) is 15.0. The summed E-state index contributed by atoms with van der Waals surface area (Å²) >= 11 is 1.41. The summed E-state index contributed by atoms with van der Waals surface area (Å²) in [6.45, 7) is 3.90. The fourth-order valence-corrected chi connectivity index (χ4v) is 3.48. The quantitative estimate of drug-likeness (QED) is 0.657. The van der Waals surface area contributed by atoms with Crippen molar-refractivity contribution in [3.8, 4) is 0 Å². The molecule has 0 spiro atoms. The van der Waals surface area contributed by atoms with Gasteiger partial charge in [0.1, 0.15) is 5.82 Å². The number of rotatable bonds is 5. The number of hydrogen-bond donors (Lipinski definition) is 2. The van der Waals surface area contributed by atoms with Crippen molar-refractivity contribution in [1.82, 2.24) is 0 Å². The van der Waals surface area contributed by atoms with Crippen LogP contribution in [-0.4, -0.2) is 11.8 Å². The summed E-state index contributed by atoms with van der Waals surface area (Å²) in [6, 6.07) is 15.1. The monoisotopic (exact) mass is 382 g/mol. The number of nitrogens with one attached hydrogen (secondary N) is 2. The Labute approximate surface area is 161 Å². The van der Waals surface area contributed by atoms with Gasteiger partial charge in [0.05, 0.1) is 17.0 Å². The lowest BCUT2D eigenvalue weighted by atomic mass is 10.1. The van der Waals surface area contributed by atoms with Crippen LogP contribution in [0, 0.1) is 19.7 Å². The molecule has 0 aliphatic rings. The lowest BCUT2D eigenvalue weighted by Gasteiger charge is -2.10. The maximum atomic E-state index is 14.1. The molecule has 0 saturated heterocycles. The Kier molecular flexibility index (Phi) is 5.66. The van der Waals surface area contributed by atoms with Gasteiger partial charge in [-0.2, -0.15) is 0 Å². The van der Waals surface area contributed by atoms with Crippen LogP contribution < -0.4 is 10.6 Å². The van der Waals surface area contributed by atoms with Crippen LogP contribution in [-0.2, 0) is 11.2 Å². The van der Waals surface area contributed by atoms with Gasteiger partial charge in [0.2, 0.25) is 5.91 Å². The topological polar surface area (TPSA) is 58.2 Å². The van der Waals surface area contributed by atoms with E-state index in [1.54, 1.807) is 0 Å². The third-order valence-electron chi connectivity index (χ3n) is 4.10. The normalized spacial score (nSPS) is 10.5. The van der Waals surface area contributed by atoms with Gasteiger partial charge in [0.25, 0.3) is 5.91 Å². The fraction of sp³-hybridized carbons (Fsp3) is 0.143. The second-order valence-electron chi connectivity index (χ2n) is 6.21. The van der Waals surface area contributed by atoms with E-state index in [1.165, 1.54) is 29.5 Å². The summed E-state index contributed by atoms with van der Waals surface area (Å²) in [7, 11) is 0. The molecule has 0 saturated carbocycles. The van der Waals surface area contributed by atoms with Crippen LogP contribution in [0.5, 0.6) is 0 Å². The standard InChI is InChI=1S/C21H19FN2O2S/c1-13-10-19(27-14(13)2)21(26)23-16-8-9-17(22)18(12-16)24-20(25)11-15-6-4-3-5-7-15/h3-10,12H,11H2,1-2H3,(H,23,26)(H,24,25). The zero-order chi connectivity index (χ0) is 19.4. The minimum Gasteiger partial charge on any atom is -0.323 e. The third-order valence-corrected chi connectivity index (χ3v) is 5.25. The van der Waals surface area contributed by atoms with Crippen LogP contribution in [0.3, 0.4) is 0 Å². The molecule has 2 aromatic carbocycles. The van der Waals surface area contributed by atoms with E-state index in [1.807, 2.05) is 50.2 Å². The van der Waals surface area contributed by atoms with Crippen molar-refractivity contribution in [2.45, 2.75) is 20.3 Å². The molecule has 0 unspecified atom stereocenters. The average molecular weight is 382 g/mol. The molecule has 0 bridgehead atoms. The fourth-order valence-electron chi connectivity index (χ4n) is 2.55. The number of carbonyl (C=O) groups is 2. The van der Waals surface area contributed by atoms with Gasteiger partial charge in [0.15, 0.2) is 0 Å². The molecule has 0 radical (unpaired) electrons. The van der Waals surface area contributed by atoms with E-state index in [4.69, 9.17) is 0 Å². The van der Waals surface area contributed by atoms with Crippen molar-refractivity contribution >= 4 is 34.5 Å². The largest absolute Gasteiger partial charge is 0.323 e. The number of thiophene rings is 1. The minimum atomic E-state index is -0.558. The van der Waals surface area contributed by atoms with E-state index in [2.05, 4.69) is 10.6 Å². The molecule has 4 nitrogen and oxygen atoms in total. The highest BCUT2D eigenvalue weighted by molar-refractivity contribution is 7.14. The number of aryl methyl sites for hydroxylation is 2. The Hall–Kier alpha value is -2.99. The van der Waals surface area contributed by atoms with Crippen LogP contribution in [0.15, 0.2) is 54.6 Å².